The second-order valence-corrected chi connectivity index (χ2v) is 7.65. The van der Waals surface area contributed by atoms with Gasteiger partial charge in [0.05, 0.1) is 5.57 Å². The third kappa shape index (κ3) is 3.43. The highest BCUT2D eigenvalue weighted by molar-refractivity contribution is 6.29. The number of rotatable bonds is 2. The first kappa shape index (κ1) is 17.3. The molecule has 0 fully saturated rings. The molecule has 2 nitrogen and oxygen atoms in total. The van der Waals surface area contributed by atoms with Gasteiger partial charge < -0.3 is 5.32 Å². The fraction of sp³-hybridized carbons (Fsp3) is 0.160. The van der Waals surface area contributed by atoms with Gasteiger partial charge in [0.25, 0.3) is 5.91 Å². The predicted molar refractivity (Wildman–Crippen MR) is 111 cm³/mol. The standard InChI is InChI=1S/C25H23NO/c1-25(2)17-20-15-9-10-16-21(20)22(18-11-5-3-6-12-18)23(24(27)26-25)19-13-7-4-8-14-19/h3-16H,17H2,1-2H3,(H,26,27)/b23-22-. The normalized spacial score (nSPS) is 18.8. The first-order valence-electron chi connectivity index (χ1n) is 9.31. The highest BCUT2D eigenvalue weighted by atomic mass is 16.1. The number of fused-ring (bicyclic) bond motifs is 1. The van der Waals surface area contributed by atoms with Crippen LogP contribution in [0.25, 0.3) is 11.1 Å². The predicted octanol–water partition coefficient (Wildman–Crippen LogP) is 5.10. The molecular formula is C25H23NO. The van der Waals surface area contributed by atoms with Gasteiger partial charge in [-0.2, -0.15) is 0 Å². The lowest BCUT2D eigenvalue weighted by molar-refractivity contribution is -0.117. The molecule has 3 aromatic carbocycles. The Hall–Kier alpha value is -3.13. The SMILES string of the molecule is CC1(C)Cc2ccccc2/C(c2ccccc2)=C(/c2ccccc2)C(=O)N1. The number of amides is 1. The highest BCUT2D eigenvalue weighted by Gasteiger charge is 2.30. The average Bonchev–Trinajstić information content (AvgIpc) is 2.66. The molecule has 2 heteroatoms. The number of hydrogen-bond donors (Lipinski definition) is 1. The van der Waals surface area contributed by atoms with Crippen molar-refractivity contribution in [3.8, 4) is 0 Å². The minimum atomic E-state index is -0.324. The zero-order chi connectivity index (χ0) is 18.9. The van der Waals surface area contributed by atoms with Crippen LogP contribution in [-0.4, -0.2) is 11.4 Å². The van der Waals surface area contributed by atoms with Gasteiger partial charge in [-0.25, -0.2) is 0 Å². The molecule has 1 heterocycles. The van der Waals surface area contributed by atoms with E-state index in [-0.39, 0.29) is 11.4 Å². The van der Waals surface area contributed by atoms with Crippen LogP contribution in [0, 0.1) is 0 Å². The Kier molecular flexibility index (Phi) is 4.41. The van der Waals surface area contributed by atoms with E-state index in [4.69, 9.17) is 0 Å². The van der Waals surface area contributed by atoms with Gasteiger partial charge in [-0.05, 0) is 42.5 Å². The molecule has 0 atom stereocenters. The van der Waals surface area contributed by atoms with Crippen molar-refractivity contribution in [1.29, 1.82) is 0 Å². The van der Waals surface area contributed by atoms with Crippen LogP contribution in [0.15, 0.2) is 84.9 Å². The topological polar surface area (TPSA) is 29.1 Å². The van der Waals surface area contributed by atoms with Gasteiger partial charge in [0.15, 0.2) is 0 Å². The van der Waals surface area contributed by atoms with Gasteiger partial charge in [0.2, 0.25) is 0 Å². The minimum absolute atomic E-state index is 0.0282. The highest BCUT2D eigenvalue weighted by Crippen LogP contribution is 2.37. The lowest BCUT2D eigenvalue weighted by Crippen LogP contribution is -2.46. The number of hydrogen-bond acceptors (Lipinski definition) is 1. The van der Waals surface area contributed by atoms with Crippen molar-refractivity contribution in [3.63, 3.8) is 0 Å². The molecule has 134 valence electrons. The maximum Gasteiger partial charge on any atom is 0.252 e. The van der Waals surface area contributed by atoms with E-state index >= 15 is 0 Å². The Balaban J connectivity index is 2.10. The van der Waals surface area contributed by atoms with E-state index in [1.807, 2.05) is 48.5 Å². The fourth-order valence-electron chi connectivity index (χ4n) is 3.84. The molecule has 27 heavy (non-hydrogen) atoms. The van der Waals surface area contributed by atoms with Crippen LogP contribution in [-0.2, 0) is 11.2 Å². The minimum Gasteiger partial charge on any atom is -0.347 e. The molecule has 1 N–H and O–H groups in total. The molecule has 0 radical (unpaired) electrons. The van der Waals surface area contributed by atoms with E-state index < -0.39 is 0 Å². The molecule has 0 aliphatic carbocycles. The molecule has 4 rings (SSSR count). The summed E-state index contributed by atoms with van der Waals surface area (Å²) in [6, 6.07) is 28.6. The summed E-state index contributed by atoms with van der Waals surface area (Å²) in [5, 5.41) is 3.25. The van der Waals surface area contributed by atoms with Crippen molar-refractivity contribution >= 4 is 17.1 Å². The van der Waals surface area contributed by atoms with Crippen molar-refractivity contribution < 1.29 is 4.79 Å². The number of carbonyl (C=O) groups is 1. The molecule has 3 aromatic rings. The van der Waals surface area contributed by atoms with Gasteiger partial charge >= 0.3 is 0 Å². The molecule has 1 amide bonds. The Morgan fingerprint density at radius 2 is 1.22 bits per heavy atom. The third-order valence-electron chi connectivity index (χ3n) is 4.97. The van der Waals surface area contributed by atoms with Gasteiger partial charge in [-0.3, -0.25) is 4.79 Å². The van der Waals surface area contributed by atoms with Gasteiger partial charge in [-0.15, -0.1) is 0 Å². The maximum absolute atomic E-state index is 13.4. The van der Waals surface area contributed by atoms with E-state index in [9.17, 15) is 4.79 Å². The third-order valence-corrected chi connectivity index (χ3v) is 4.97. The monoisotopic (exact) mass is 353 g/mol. The Morgan fingerprint density at radius 3 is 1.85 bits per heavy atom. The maximum atomic E-state index is 13.4. The first-order valence-corrected chi connectivity index (χ1v) is 9.31. The van der Waals surface area contributed by atoms with E-state index in [1.54, 1.807) is 0 Å². The lowest BCUT2D eigenvalue weighted by Gasteiger charge is -2.32. The summed E-state index contributed by atoms with van der Waals surface area (Å²) in [6.07, 6.45) is 0.785. The summed E-state index contributed by atoms with van der Waals surface area (Å²) in [5.74, 6) is -0.0282. The van der Waals surface area contributed by atoms with E-state index in [1.165, 1.54) is 5.56 Å². The zero-order valence-electron chi connectivity index (χ0n) is 15.7. The second kappa shape index (κ2) is 6.88. The van der Waals surface area contributed by atoms with Gasteiger partial charge in [0.1, 0.15) is 0 Å². The lowest BCUT2D eigenvalue weighted by atomic mass is 9.81. The summed E-state index contributed by atoms with van der Waals surface area (Å²) in [6.45, 7) is 4.16. The van der Waals surface area contributed by atoms with Crippen LogP contribution >= 0.6 is 0 Å². The van der Waals surface area contributed by atoms with Crippen molar-refractivity contribution in [2.24, 2.45) is 0 Å². The smallest absolute Gasteiger partial charge is 0.252 e. The van der Waals surface area contributed by atoms with E-state index in [0.29, 0.717) is 0 Å². The van der Waals surface area contributed by atoms with Crippen molar-refractivity contribution in [2.75, 3.05) is 0 Å². The summed E-state index contributed by atoms with van der Waals surface area (Å²) < 4.78 is 0. The number of benzene rings is 3. The number of carbonyl (C=O) groups excluding carboxylic acids is 1. The summed E-state index contributed by atoms with van der Waals surface area (Å²) in [4.78, 5) is 13.4. The van der Waals surface area contributed by atoms with Crippen LogP contribution < -0.4 is 5.32 Å². The quantitative estimate of drug-likeness (QED) is 0.682. The molecule has 1 aliphatic rings. The van der Waals surface area contributed by atoms with Crippen molar-refractivity contribution in [3.05, 3.63) is 107 Å². The Morgan fingerprint density at radius 1 is 0.704 bits per heavy atom. The van der Waals surface area contributed by atoms with Crippen LogP contribution in [0.5, 0.6) is 0 Å². The average molecular weight is 353 g/mol. The molecule has 0 aromatic heterocycles. The molecule has 0 unspecified atom stereocenters. The molecule has 0 bridgehead atoms. The van der Waals surface area contributed by atoms with Crippen LogP contribution in [0.1, 0.15) is 36.1 Å². The summed E-state index contributed by atoms with van der Waals surface area (Å²) in [5.41, 5.74) is 5.75. The van der Waals surface area contributed by atoms with Crippen molar-refractivity contribution in [1.82, 2.24) is 5.32 Å². The van der Waals surface area contributed by atoms with Gasteiger partial charge in [0, 0.05) is 11.1 Å². The summed E-state index contributed by atoms with van der Waals surface area (Å²) >= 11 is 0. The Bertz CT molecular complexity index is 1000. The van der Waals surface area contributed by atoms with Crippen LogP contribution in [0.4, 0.5) is 0 Å². The van der Waals surface area contributed by atoms with Crippen LogP contribution in [0.3, 0.4) is 0 Å². The summed E-state index contributed by atoms with van der Waals surface area (Å²) in [7, 11) is 0. The molecule has 1 aliphatic heterocycles. The molecule has 0 spiro atoms. The largest absolute Gasteiger partial charge is 0.347 e. The zero-order valence-corrected chi connectivity index (χ0v) is 15.7. The molecule has 0 saturated heterocycles. The van der Waals surface area contributed by atoms with Crippen molar-refractivity contribution in [2.45, 2.75) is 25.8 Å². The number of nitrogens with one attached hydrogen (secondary N) is 1. The molecular weight excluding hydrogens is 330 g/mol. The fourth-order valence-corrected chi connectivity index (χ4v) is 3.84. The molecule has 0 saturated carbocycles. The van der Waals surface area contributed by atoms with E-state index in [2.05, 4.69) is 55.6 Å². The van der Waals surface area contributed by atoms with Crippen LogP contribution in [0.2, 0.25) is 0 Å². The Labute approximate surface area is 160 Å². The van der Waals surface area contributed by atoms with E-state index in [0.717, 1.165) is 34.3 Å². The first-order chi connectivity index (χ1) is 13.1. The second-order valence-electron chi connectivity index (χ2n) is 7.65. The van der Waals surface area contributed by atoms with Gasteiger partial charge in [-0.1, -0.05) is 84.9 Å².